The number of benzene rings is 1. The molecule has 0 saturated heterocycles. The van der Waals surface area contributed by atoms with Gasteiger partial charge in [0.05, 0.1) is 7.11 Å². The summed E-state index contributed by atoms with van der Waals surface area (Å²) in [5, 5.41) is 12.2. The summed E-state index contributed by atoms with van der Waals surface area (Å²) in [6.45, 7) is 1.96. The van der Waals surface area contributed by atoms with Crippen LogP contribution in [0.25, 0.3) is 0 Å². The van der Waals surface area contributed by atoms with Crippen molar-refractivity contribution in [3.05, 3.63) is 45.1 Å². The molecule has 0 fully saturated rings. The zero-order valence-electron chi connectivity index (χ0n) is 11.4. The molecule has 0 amide bonds. The third kappa shape index (κ3) is 1.68. The maximum absolute atomic E-state index is 9.95. The number of aromatic hydroxyl groups is 1. The van der Waals surface area contributed by atoms with Crippen LogP contribution in [-0.4, -0.2) is 23.7 Å². The highest BCUT2D eigenvalue weighted by Gasteiger charge is 2.34. The number of methoxy groups -OCH3 is 1. The zero-order chi connectivity index (χ0) is 13.7. The van der Waals surface area contributed by atoms with Crippen molar-refractivity contribution in [3.63, 3.8) is 0 Å². The number of thiophene rings is 1. The van der Waals surface area contributed by atoms with Crippen LogP contribution in [0, 0.1) is 0 Å². The molecular formula is C16H17NO2S. The van der Waals surface area contributed by atoms with E-state index in [4.69, 9.17) is 4.74 Å². The van der Waals surface area contributed by atoms with Crippen LogP contribution in [-0.2, 0) is 19.4 Å². The van der Waals surface area contributed by atoms with Gasteiger partial charge in [-0.25, -0.2) is 0 Å². The molecule has 4 heteroatoms. The van der Waals surface area contributed by atoms with E-state index in [1.165, 1.54) is 11.1 Å². The predicted octanol–water partition coefficient (Wildman–Crippen LogP) is 3.12. The molecule has 2 aromatic rings. The van der Waals surface area contributed by atoms with Crippen molar-refractivity contribution in [2.24, 2.45) is 0 Å². The molecule has 0 radical (unpaired) electrons. The van der Waals surface area contributed by atoms with Crippen molar-refractivity contribution in [1.82, 2.24) is 4.90 Å². The Hall–Kier alpha value is -1.52. The number of fused-ring (bicyclic) bond motifs is 4. The van der Waals surface area contributed by atoms with Gasteiger partial charge in [-0.3, -0.25) is 4.90 Å². The van der Waals surface area contributed by atoms with Crippen LogP contribution in [0.4, 0.5) is 0 Å². The molecule has 0 spiro atoms. The van der Waals surface area contributed by atoms with E-state index in [9.17, 15) is 5.11 Å². The fourth-order valence-corrected chi connectivity index (χ4v) is 4.46. The van der Waals surface area contributed by atoms with Gasteiger partial charge in [0.2, 0.25) is 0 Å². The Labute approximate surface area is 122 Å². The Bertz CT molecular complexity index is 664. The molecule has 2 aliphatic rings. The van der Waals surface area contributed by atoms with E-state index in [0.717, 1.165) is 31.5 Å². The quantitative estimate of drug-likeness (QED) is 0.874. The molecule has 0 saturated carbocycles. The van der Waals surface area contributed by atoms with E-state index in [1.807, 2.05) is 17.4 Å². The summed E-state index contributed by atoms with van der Waals surface area (Å²) < 4.78 is 5.40. The van der Waals surface area contributed by atoms with Gasteiger partial charge in [0.15, 0.2) is 11.5 Å². The largest absolute Gasteiger partial charge is 0.504 e. The average Bonchev–Trinajstić information content (AvgIpc) is 2.94. The summed E-state index contributed by atoms with van der Waals surface area (Å²) in [6.07, 6.45) is 2.15. The summed E-state index contributed by atoms with van der Waals surface area (Å²) in [7, 11) is 1.63. The Morgan fingerprint density at radius 3 is 3.10 bits per heavy atom. The smallest absolute Gasteiger partial charge is 0.165 e. The summed E-state index contributed by atoms with van der Waals surface area (Å²) in [6, 6.07) is 6.57. The molecule has 3 heterocycles. The lowest BCUT2D eigenvalue weighted by Gasteiger charge is -2.40. The van der Waals surface area contributed by atoms with Crippen molar-refractivity contribution < 1.29 is 9.84 Å². The molecule has 1 atom stereocenters. The van der Waals surface area contributed by atoms with Gasteiger partial charge in [0.25, 0.3) is 0 Å². The zero-order valence-corrected chi connectivity index (χ0v) is 12.2. The minimum atomic E-state index is 0.248. The lowest BCUT2D eigenvalue weighted by Crippen LogP contribution is -2.38. The first-order valence-corrected chi connectivity index (χ1v) is 7.84. The van der Waals surface area contributed by atoms with Gasteiger partial charge in [-0.15, -0.1) is 11.3 Å². The summed E-state index contributed by atoms with van der Waals surface area (Å²) in [4.78, 5) is 4.06. The highest BCUT2D eigenvalue weighted by Crippen LogP contribution is 2.44. The number of nitrogens with zero attached hydrogens (tertiary/aromatic N) is 1. The average molecular weight is 287 g/mol. The molecule has 3 nitrogen and oxygen atoms in total. The van der Waals surface area contributed by atoms with Crippen molar-refractivity contribution in [3.8, 4) is 11.5 Å². The minimum Gasteiger partial charge on any atom is -0.504 e. The van der Waals surface area contributed by atoms with Gasteiger partial charge in [-0.05, 0) is 41.5 Å². The van der Waals surface area contributed by atoms with Gasteiger partial charge in [0, 0.05) is 29.6 Å². The SMILES string of the molecule is COc1c(O)ccc2c1CN1CCc3sccc3[C@@H]1C2. The third-order valence-electron chi connectivity index (χ3n) is 4.52. The van der Waals surface area contributed by atoms with Crippen molar-refractivity contribution in [2.45, 2.75) is 25.4 Å². The van der Waals surface area contributed by atoms with Crippen LogP contribution in [0.1, 0.15) is 27.6 Å². The van der Waals surface area contributed by atoms with E-state index in [2.05, 4.69) is 16.3 Å². The molecule has 0 unspecified atom stereocenters. The van der Waals surface area contributed by atoms with Crippen LogP contribution in [0.3, 0.4) is 0 Å². The molecule has 1 aromatic carbocycles. The first-order valence-electron chi connectivity index (χ1n) is 6.96. The molecular weight excluding hydrogens is 270 g/mol. The van der Waals surface area contributed by atoms with E-state index in [1.54, 1.807) is 18.1 Å². The van der Waals surface area contributed by atoms with Crippen molar-refractivity contribution in [1.29, 1.82) is 0 Å². The van der Waals surface area contributed by atoms with Crippen LogP contribution in [0.2, 0.25) is 0 Å². The van der Waals surface area contributed by atoms with E-state index >= 15 is 0 Å². The monoisotopic (exact) mass is 287 g/mol. The first-order chi connectivity index (χ1) is 9.78. The van der Waals surface area contributed by atoms with Gasteiger partial charge >= 0.3 is 0 Å². The Kier molecular flexibility index (Phi) is 2.75. The summed E-state index contributed by atoms with van der Waals surface area (Å²) >= 11 is 1.88. The fraction of sp³-hybridized carbons (Fsp3) is 0.375. The standard InChI is InChI=1S/C16H17NO2S/c1-19-16-12-9-17-6-4-15-11(5-7-20-15)13(17)8-10(12)2-3-14(16)18/h2-3,5,7,13,18H,4,6,8-9H2,1H3/t13-/m0/s1. The summed E-state index contributed by atoms with van der Waals surface area (Å²) in [5.74, 6) is 0.898. The predicted molar refractivity (Wildman–Crippen MR) is 79.5 cm³/mol. The van der Waals surface area contributed by atoms with Crippen LogP contribution in [0.15, 0.2) is 23.6 Å². The number of hydrogen-bond donors (Lipinski definition) is 1. The number of ether oxygens (including phenoxy) is 1. The second-order valence-electron chi connectivity index (χ2n) is 5.50. The Morgan fingerprint density at radius 2 is 2.25 bits per heavy atom. The van der Waals surface area contributed by atoms with Crippen LogP contribution >= 0.6 is 11.3 Å². The second-order valence-corrected chi connectivity index (χ2v) is 6.50. The Morgan fingerprint density at radius 1 is 1.35 bits per heavy atom. The Balaban J connectivity index is 1.79. The topological polar surface area (TPSA) is 32.7 Å². The van der Waals surface area contributed by atoms with E-state index in [0.29, 0.717) is 11.8 Å². The molecule has 1 N–H and O–H groups in total. The lowest BCUT2D eigenvalue weighted by molar-refractivity contribution is 0.159. The molecule has 2 aliphatic heterocycles. The summed E-state index contributed by atoms with van der Waals surface area (Å²) in [5.41, 5.74) is 3.96. The number of hydrogen-bond acceptors (Lipinski definition) is 4. The number of rotatable bonds is 1. The van der Waals surface area contributed by atoms with Crippen molar-refractivity contribution >= 4 is 11.3 Å². The lowest BCUT2D eigenvalue weighted by atomic mass is 9.87. The van der Waals surface area contributed by atoms with Gasteiger partial charge < -0.3 is 9.84 Å². The molecule has 4 rings (SSSR count). The van der Waals surface area contributed by atoms with Crippen molar-refractivity contribution in [2.75, 3.05) is 13.7 Å². The number of phenols is 1. The van der Waals surface area contributed by atoms with E-state index < -0.39 is 0 Å². The maximum Gasteiger partial charge on any atom is 0.165 e. The molecule has 0 aliphatic carbocycles. The molecule has 20 heavy (non-hydrogen) atoms. The highest BCUT2D eigenvalue weighted by molar-refractivity contribution is 7.10. The van der Waals surface area contributed by atoms with E-state index in [-0.39, 0.29) is 5.75 Å². The highest BCUT2D eigenvalue weighted by atomic mass is 32.1. The van der Waals surface area contributed by atoms with Crippen LogP contribution in [0.5, 0.6) is 11.5 Å². The van der Waals surface area contributed by atoms with Gasteiger partial charge in [-0.1, -0.05) is 6.07 Å². The third-order valence-corrected chi connectivity index (χ3v) is 5.52. The van der Waals surface area contributed by atoms with Gasteiger partial charge in [0.1, 0.15) is 0 Å². The second kappa shape index (κ2) is 4.50. The normalized spacial score (nSPS) is 20.9. The fourth-order valence-electron chi connectivity index (χ4n) is 3.54. The molecule has 0 bridgehead atoms. The minimum absolute atomic E-state index is 0.248. The van der Waals surface area contributed by atoms with Crippen LogP contribution < -0.4 is 4.74 Å². The number of phenolic OH excluding ortho intramolecular Hbond substituents is 1. The molecule has 104 valence electrons. The van der Waals surface area contributed by atoms with Gasteiger partial charge in [-0.2, -0.15) is 0 Å². The first kappa shape index (κ1) is 12.2. The maximum atomic E-state index is 9.95. The molecule has 1 aromatic heterocycles.